The standard InChI is InChI=1S/C25H23BrClN3O3/c1-2-18-7-4-6-10-22(18)29-24(31)14-25(32)30-28-15-17-11-12-23(20(26)13-17)33-16-19-8-3-5-9-21(19)27/h3-13,15H,2,14,16H2,1H3,(H,29,31)(H,30,32). The number of hydrazone groups is 1. The van der Waals surface area contributed by atoms with E-state index in [4.69, 9.17) is 16.3 Å². The SMILES string of the molecule is CCc1ccccc1NC(=O)CC(=O)NN=Cc1ccc(OCc2ccccc2Cl)c(Br)c1. The van der Waals surface area contributed by atoms with Gasteiger partial charge in [0.15, 0.2) is 0 Å². The van der Waals surface area contributed by atoms with E-state index in [0.717, 1.165) is 27.6 Å². The molecule has 8 heteroatoms. The Morgan fingerprint density at radius 2 is 1.76 bits per heavy atom. The fourth-order valence-electron chi connectivity index (χ4n) is 2.99. The van der Waals surface area contributed by atoms with Crippen LogP contribution in [-0.2, 0) is 22.6 Å². The zero-order chi connectivity index (χ0) is 23.6. The van der Waals surface area contributed by atoms with Crippen molar-refractivity contribution in [3.05, 3.63) is 92.9 Å². The summed E-state index contributed by atoms with van der Waals surface area (Å²) >= 11 is 9.63. The Bertz CT molecular complexity index is 1170. The first-order chi connectivity index (χ1) is 16.0. The van der Waals surface area contributed by atoms with Gasteiger partial charge in [-0.05, 0) is 63.8 Å². The molecular weight excluding hydrogens is 506 g/mol. The monoisotopic (exact) mass is 527 g/mol. The predicted octanol–water partition coefficient (Wildman–Crippen LogP) is 5.72. The van der Waals surface area contributed by atoms with Crippen LogP contribution in [0.1, 0.15) is 30.0 Å². The lowest BCUT2D eigenvalue weighted by molar-refractivity contribution is -0.126. The van der Waals surface area contributed by atoms with Gasteiger partial charge >= 0.3 is 0 Å². The summed E-state index contributed by atoms with van der Waals surface area (Å²) in [6, 6.07) is 20.4. The van der Waals surface area contributed by atoms with Crippen molar-refractivity contribution in [1.29, 1.82) is 0 Å². The molecule has 0 aliphatic carbocycles. The van der Waals surface area contributed by atoms with E-state index in [9.17, 15) is 9.59 Å². The number of benzene rings is 3. The van der Waals surface area contributed by atoms with Gasteiger partial charge in [-0.3, -0.25) is 9.59 Å². The molecule has 3 aromatic carbocycles. The Balaban J connectivity index is 1.49. The van der Waals surface area contributed by atoms with Gasteiger partial charge in [0.25, 0.3) is 0 Å². The number of hydrogen-bond acceptors (Lipinski definition) is 4. The summed E-state index contributed by atoms with van der Waals surface area (Å²) in [6.45, 7) is 2.34. The quantitative estimate of drug-likeness (QED) is 0.212. The Hall–Kier alpha value is -3.16. The van der Waals surface area contributed by atoms with Crippen molar-refractivity contribution in [2.75, 3.05) is 5.32 Å². The molecule has 6 nitrogen and oxygen atoms in total. The number of nitrogens with one attached hydrogen (secondary N) is 2. The van der Waals surface area contributed by atoms with Crippen molar-refractivity contribution in [2.24, 2.45) is 5.10 Å². The van der Waals surface area contributed by atoms with Crippen molar-refractivity contribution < 1.29 is 14.3 Å². The average Bonchev–Trinajstić information content (AvgIpc) is 2.79. The highest BCUT2D eigenvalue weighted by Gasteiger charge is 2.11. The maximum absolute atomic E-state index is 12.1. The number of para-hydroxylation sites is 1. The number of rotatable bonds is 9. The molecule has 170 valence electrons. The molecule has 0 saturated heterocycles. The van der Waals surface area contributed by atoms with Gasteiger partial charge < -0.3 is 10.1 Å². The van der Waals surface area contributed by atoms with Crippen LogP contribution in [0.25, 0.3) is 0 Å². The summed E-state index contributed by atoms with van der Waals surface area (Å²) in [5.74, 6) is -0.247. The predicted molar refractivity (Wildman–Crippen MR) is 135 cm³/mol. The Morgan fingerprint density at radius 3 is 2.48 bits per heavy atom. The smallest absolute Gasteiger partial charge is 0.249 e. The lowest BCUT2D eigenvalue weighted by Crippen LogP contribution is -2.25. The van der Waals surface area contributed by atoms with Gasteiger partial charge in [-0.1, -0.05) is 54.9 Å². The van der Waals surface area contributed by atoms with E-state index in [-0.39, 0.29) is 6.42 Å². The summed E-state index contributed by atoms with van der Waals surface area (Å²) in [5.41, 5.74) is 5.73. The molecule has 0 heterocycles. The summed E-state index contributed by atoms with van der Waals surface area (Å²) in [4.78, 5) is 24.2. The molecular formula is C25H23BrClN3O3. The number of carbonyl (C=O) groups is 2. The third-order valence-corrected chi connectivity index (χ3v) is 5.68. The molecule has 0 aliphatic heterocycles. The number of anilines is 1. The van der Waals surface area contributed by atoms with Gasteiger partial charge in [-0.2, -0.15) is 5.10 Å². The number of hydrogen-bond donors (Lipinski definition) is 2. The average molecular weight is 529 g/mol. The molecule has 3 rings (SSSR count). The Morgan fingerprint density at radius 1 is 1.03 bits per heavy atom. The highest BCUT2D eigenvalue weighted by molar-refractivity contribution is 9.10. The third kappa shape index (κ3) is 7.44. The van der Waals surface area contributed by atoms with Crippen LogP contribution in [0.15, 0.2) is 76.3 Å². The maximum Gasteiger partial charge on any atom is 0.249 e. The highest BCUT2D eigenvalue weighted by atomic mass is 79.9. The molecule has 2 amide bonds. The number of halogens is 2. The number of ether oxygens (including phenoxy) is 1. The van der Waals surface area contributed by atoms with Crippen LogP contribution in [0.4, 0.5) is 5.69 Å². The molecule has 2 N–H and O–H groups in total. The Labute approximate surface area is 206 Å². The van der Waals surface area contributed by atoms with Crippen LogP contribution >= 0.6 is 27.5 Å². The number of aryl methyl sites for hydroxylation is 1. The topological polar surface area (TPSA) is 79.8 Å². The zero-order valence-corrected chi connectivity index (χ0v) is 20.3. The van der Waals surface area contributed by atoms with E-state index < -0.39 is 11.8 Å². The van der Waals surface area contributed by atoms with Crippen molar-refractivity contribution in [2.45, 2.75) is 26.4 Å². The van der Waals surface area contributed by atoms with E-state index in [2.05, 4.69) is 31.8 Å². The highest BCUT2D eigenvalue weighted by Crippen LogP contribution is 2.27. The molecule has 0 aliphatic rings. The molecule has 33 heavy (non-hydrogen) atoms. The molecule has 0 spiro atoms. The Kier molecular flexibility index (Phi) is 9.04. The minimum atomic E-state index is -0.503. The fourth-order valence-corrected chi connectivity index (χ4v) is 3.70. The molecule has 0 fully saturated rings. The third-order valence-electron chi connectivity index (χ3n) is 4.69. The summed E-state index contributed by atoms with van der Waals surface area (Å²) in [7, 11) is 0. The largest absolute Gasteiger partial charge is 0.488 e. The van der Waals surface area contributed by atoms with E-state index in [1.807, 2.05) is 61.5 Å². The van der Waals surface area contributed by atoms with Crippen LogP contribution in [0.2, 0.25) is 5.02 Å². The van der Waals surface area contributed by atoms with Crippen LogP contribution in [0, 0.1) is 0 Å². The first-order valence-electron chi connectivity index (χ1n) is 10.3. The second-order valence-electron chi connectivity index (χ2n) is 7.10. The van der Waals surface area contributed by atoms with Crippen LogP contribution in [0.3, 0.4) is 0 Å². The molecule has 0 saturated carbocycles. The van der Waals surface area contributed by atoms with Crippen molar-refractivity contribution >= 4 is 51.2 Å². The summed E-state index contributed by atoms with van der Waals surface area (Å²) in [6.07, 6.45) is 1.95. The molecule has 3 aromatic rings. The molecule has 0 radical (unpaired) electrons. The number of amides is 2. The van der Waals surface area contributed by atoms with Gasteiger partial charge in [0.1, 0.15) is 18.8 Å². The van der Waals surface area contributed by atoms with Gasteiger partial charge in [-0.15, -0.1) is 0 Å². The van der Waals surface area contributed by atoms with Crippen molar-refractivity contribution in [1.82, 2.24) is 5.43 Å². The van der Waals surface area contributed by atoms with Crippen LogP contribution in [-0.4, -0.2) is 18.0 Å². The van der Waals surface area contributed by atoms with E-state index in [1.54, 1.807) is 12.1 Å². The zero-order valence-electron chi connectivity index (χ0n) is 18.0. The normalized spacial score (nSPS) is 10.8. The lowest BCUT2D eigenvalue weighted by atomic mass is 10.1. The van der Waals surface area contributed by atoms with Crippen molar-refractivity contribution in [3.63, 3.8) is 0 Å². The fraction of sp³-hybridized carbons (Fsp3) is 0.160. The maximum atomic E-state index is 12.1. The van der Waals surface area contributed by atoms with Crippen LogP contribution < -0.4 is 15.5 Å². The minimum Gasteiger partial charge on any atom is -0.488 e. The molecule has 0 unspecified atom stereocenters. The van der Waals surface area contributed by atoms with Crippen molar-refractivity contribution in [3.8, 4) is 5.75 Å². The lowest BCUT2D eigenvalue weighted by Gasteiger charge is -2.10. The first kappa shape index (κ1) is 24.5. The van der Waals surface area contributed by atoms with E-state index in [1.165, 1.54) is 6.21 Å². The summed E-state index contributed by atoms with van der Waals surface area (Å²) in [5, 5.41) is 7.34. The minimum absolute atomic E-state index is 0.325. The van der Waals surface area contributed by atoms with Gasteiger partial charge in [0.2, 0.25) is 11.8 Å². The number of nitrogens with zero attached hydrogens (tertiary/aromatic N) is 1. The van der Waals surface area contributed by atoms with E-state index in [0.29, 0.717) is 23.1 Å². The summed E-state index contributed by atoms with van der Waals surface area (Å²) < 4.78 is 6.56. The van der Waals surface area contributed by atoms with E-state index >= 15 is 0 Å². The van der Waals surface area contributed by atoms with Gasteiger partial charge in [0.05, 0.1) is 10.7 Å². The van der Waals surface area contributed by atoms with Crippen LogP contribution in [0.5, 0.6) is 5.75 Å². The van der Waals surface area contributed by atoms with Gasteiger partial charge in [-0.25, -0.2) is 5.43 Å². The second kappa shape index (κ2) is 12.2. The number of carbonyl (C=O) groups excluding carboxylic acids is 2. The molecule has 0 aromatic heterocycles. The first-order valence-corrected chi connectivity index (χ1v) is 11.5. The molecule has 0 atom stereocenters. The molecule has 0 bridgehead atoms. The van der Waals surface area contributed by atoms with Gasteiger partial charge in [0, 0.05) is 16.3 Å². The second-order valence-corrected chi connectivity index (χ2v) is 8.36.